The van der Waals surface area contributed by atoms with E-state index in [1.807, 2.05) is 13.0 Å². The SMILES string of the molecule is CCOc1ccc(/C(O)=C2\C(=O)C(=O)N(CCN(CC)CC)[C@@H]2c2ccccn2)cc1. The molecular weight excluding hydrogens is 394 g/mol. The number of nitrogens with zero attached hydrogens (tertiary/aromatic N) is 3. The van der Waals surface area contributed by atoms with E-state index in [1.165, 1.54) is 4.90 Å². The Balaban J connectivity index is 2.03. The highest BCUT2D eigenvalue weighted by Gasteiger charge is 2.46. The Labute approximate surface area is 183 Å². The maximum atomic E-state index is 13.0. The molecule has 0 saturated carbocycles. The van der Waals surface area contributed by atoms with E-state index in [4.69, 9.17) is 4.74 Å². The fourth-order valence-electron chi connectivity index (χ4n) is 3.78. The van der Waals surface area contributed by atoms with Crippen molar-refractivity contribution in [1.82, 2.24) is 14.8 Å². The molecule has 7 heteroatoms. The molecule has 0 aliphatic carbocycles. The van der Waals surface area contributed by atoms with Gasteiger partial charge in [0.2, 0.25) is 0 Å². The molecular formula is C24H29N3O4. The molecule has 164 valence electrons. The molecule has 2 aromatic rings. The summed E-state index contributed by atoms with van der Waals surface area (Å²) in [4.78, 5) is 34.0. The van der Waals surface area contributed by atoms with Crippen LogP contribution in [0.1, 0.15) is 38.1 Å². The minimum atomic E-state index is -0.733. The van der Waals surface area contributed by atoms with Gasteiger partial charge in [0.15, 0.2) is 0 Å². The molecule has 1 aliphatic heterocycles. The van der Waals surface area contributed by atoms with Crippen LogP contribution in [0, 0.1) is 0 Å². The maximum Gasteiger partial charge on any atom is 0.295 e. The van der Waals surface area contributed by atoms with Gasteiger partial charge in [0.1, 0.15) is 17.6 Å². The summed E-state index contributed by atoms with van der Waals surface area (Å²) in [6.07, 6.45) is 1.62. The summed E-state index contributed by atoms with van der Waals surface area (Å²) in [7, 11) is 0. The zero-order valence-corrected chi connectivity index (χ0v) is 18.2. The van der Waals surface area contributed by atoms with E-state index in [0.29, 0.717) is 36.7 Å². The van der Waals surface area contributed by atoms with Crippen LogP contribution in [0.5, 0.6) is 5.75 Å². The minimum Gasteiger partial charge on any atom is -0.507 e. The molecule has 1 atom stereocenters. The van der Waals surface area contributed by atoms with Crippen LogP contribution in [0.15, 0.2) is 54.2 Å². The predicted molar refractivity (Wildman–Crippen MR) is 119 cm³/mol. The first-order valence-electron chi connectivity index (χ1n) is 10.7. The predicted octanol–water partition coefficient (Wildman–Crippen LogP) is 3.24. The van der Waals surface area contributed by atoms with Crippen molar-refractivity contribution in [1.29, 1.82) is 0 Å². The average Bonchev–Trinajstić information content (AvgIpc) is 3.05. The van der Waals surface area contributed by atoms with Gasteiger partial charge in [-0.25, -0.2) is 0 Å². The zero-order valence-electron chi connectivity index (χ0n) is 18.2. The number of ketones is 1. The molecule has 1 N–H and O–H groups in total. The average molecular weight is 424 g/mol. The Morgan fingerprint density at radius 2 is 1.81 bits per heavy atom. The molecule has 7 nitrogen and oxygen atoms in total. The molecule has 1 aromatic carbocycles. The van der Waals surface area contributed by atoms with Crippen molar-refractivity contribution in [3.05, 3.63) is 65.5 Å². The van der Waals surface area contributed by atoms with Crippen LogP contribution in [-0.2, 0) is 9.59 Å². The summed E-state index contributed by atoms with van der Waals surface area (Å²) in [5.41, 5.74) is 1.06. The summed E-state index contributed by atoms with van der Waals surface area (Å²) in [6.45, 7) is 9.23. The van der Waals surface area contributed by atoms with E-state index < -0.39 is 17.7 Å². The van der Waals surface area contributed by atoms with Crippen molar-refractivity contribution in [3.63, 3.8) is 0 Å². The topological polar surface area (TPSA) is 83.0 Å². The Kier molecular flexibility index (Phi) is 7.41. The number of carbonyl (C=O) groups excluding carboxylic acids is 2. The normalized spacial score (nSPS) is 18.1. The van der Waals surface area contributed by atoms with Gasteiger partial charge in [-0.2, -0.15) is 0 Å². The minimum absolute atomic E-state index is 0.0624. The number of pyridine rings is 1. The highest BCUT2D eigenvalue weighted by Crippen LogP contribution is 2.38. The van der Waals surface area contributed by atoms with Crippen LogP contribution in [-0.4, -0.2) is 64.4 Å². The second kappa shape index (κ2) is 10.2. The number of rotatable bonds is 9. The highest BCUT2D eigenvalue weighted by atomic mass is 16.5. The molecule has 31 heavy (non-hydrogen) atoms. The standard InChI is InChI=1S/C24H29N3O4/c1-4-26(5-2)15-16-27-21(19-9-7-8-14-25-19)20(23(29)24(27)30)22(28)17-10-12-18(13-11-17)31-6-3/h7-14,21,28H,4-6,15-16H2,1-3H3/b22-20+/t21-/m1/s1. The fourth-order valence-corrected chi connectivity index (χ4v) is 3.78. The van der Waals surface area contributed by atoms with Gasteiger partial charge in [0.25, 0.3) is 11.7 Å². The van der Waals surface area contributed by atoms with Gasteiger partial charge in [0, 0.05) is 24.8 Å². The second-order valence-corrected chi connectivity index (χ2v) is 7.23. The molecule has 0 unspecified atom stereocenters. The molecule has 3 rings (SSSR count). The molecule has 1 aliphatic rings. The number of hydrogen-bond donors (Lipinski definition) is 1. The van der Waals surface area contributed by atoms with E-state index in [9.17, 15) is 14.7 Å². The fraction of sp³-hybridized carbons (Fsp3) is 0.375. The largest absolute Gasteiger partial charge is 0.507 e. The van der Waals surface area contributed by atoms with Crippen molar-refractivity contribution in [2.45, 2.75) is 26.8 Å². The number of likely N-dealkylation sites (tertiary alicyclic amines) is 1. The number of carbonyl (C=O) groups is 2. The molecule has 2 heterocycles. The van der Waals surface area contributed by atoms with Gasteiger partial charge >= 0.3 is 0 Å². The van der Waals surface area contributed by atoms with Gasteiger partial charge in [0.05, 0.1) is 17.9 Å². The number of ether oxygens (including phenoxy) is 1. The summed E-state index contributed by atoms with van der Waals surface area (Å²) in [5, 5.41) is 11.0. The van der Waals surface area contributed by atoms with Gasteiger partial charge in [-0.3, -0.25) is 14.6 Å². The van der Waals surface area contributed by atoms with Crippen LogP contribution >= 0.6 is 0 Å². The van der Waals surface area contributed by atoms with Gasteiger partial charge in [-0.15, -0.1) is 0 Å². The molecule has 0 radical (unpaired) electrons. The van der Waals surface area contributed by atoms with Crippen LogP contribution in [0.4, 0.5) is 0 Å². The summed E-state index contributed by atoms with van der Waals surface area (Å²) < 4.78 is 5.45. The van der Waals surface area contributed by atoms with Crippen molar-refractivity contribution in [2.75, 3.05) is 32.8 Å². The number of likely N-dealkylation sites (N-methyl/N-ethyl adjacent to an activating group) is 1. The monoisotopic (exact) mass is 423 g/mol. The van der Waals surface area contributed by atoms with E-state index in [0.717, 1.165) is 13.1 Å². The number of aliphatic hydroxyl groups excluding tert-OH is 1. The highest BCUT2D eigenvalue weighted by molar-refractivity contribution is 6.46. The van der Waals surface area contributed by atoms with E-state index in [2.05, 4.69) is 23.7 Å². The third-order valence-electron chi connectivity index (χ3n) is 5.50. The second-order valence-electron chi connectivity index (χ2n) is 7.23. The van der Waals surface area contributed by atoms with Crippen molar-refractivity contribution >= 4 is 17.4 Å². The lowest BCUT2D eigenvalue weighted by molar-refractivity contribution is -0.140. The maximum absolute atomic E-state index is 13.0. The molecule has 1 fully saturated rings. The van der Waals surface area contributed by atoms with Crippen molar-refractivity contribution < 1.29 is 19.4 Å². The van der Waals surface area contributed by atoms with Crippen LogP contribution in [0.25, 0.3) is 5.76 Å². The first-order valence-corrected chi connectivity index (χ1v) is 10.7. The number of hydrogen-bond acceptors (Lipinski definition) is 6. The van der Waals surface area contributed by atoms with E-state index in [1.54, 1.807) is 42.6 Å². The zero-order chi connectivity index (χ0) is 22.4. The molecule has 0 spiro atoms. The quantitative estimate of drug-likeness (QED) is 0.379. The van der Waals surface area contributed by atoms with Crippen molar-refractivity contribution in [3.8, 4) is 5.75 Å². The molecule has 1 aromatic heterocycles. The molecule has 1 saturated heterocycles. The Morgan fingerprint density at radius 3 is 2.39 bits per heavy atom. The first kappa shape index (κ1) is 22.5. The van der Waals surface area contributed by atoms with Crippen molar-refractivity contribution in [2.24, 2.45) is 0 Å². The van der Waals surface area contributed by atoms with Crippen LogP contribution in [0.2, 0.25) is 0 Å². The summed E-state index contributed by atoms with van der Waals surface area (Å²) in [6, 6.07) is 11.4. The number of aromatic nitrogens is 1. The van der Waals surface area contributed by atoms with Gasteiger partial charge in [-0.1, -0.05) is 19.9 Å². The summed E-state index contributed by atoms with van der Waals surface area (Å²) >= 11 is 0. The van der Waals surface area contributed by atoms with E-state index >= 15 is 0 Å². The Bertz CT molecular complexity index is 937. The van der Waals surface area contributed by atoms with Crippen LogP contribution in [0.3, 0.4) is 0 Å². The third-order valence-corrected chi connectivity index (χ3v) is 5.50. The Hall–Kier alpha value is -3.19. The molecule has 0 bridgehead atoms. The molecule has 1 amide bonds. The smallest absolute Gasteiger partial charge is 0.295 e. The summed E-state index contributed by atoms with van der Waals surface area (Å²) in [5.74, 6) is -0.848. The number of aliphatic hydroxyl groups is 1. The Morgan fingerprint density at radius 1 is 1.10 bits per heavy atom. The lowest BCUT2D eigenvalue weighted by atomic mass is 9.98. The number of Topliss-reactive ketones (excluding diaryl/α,β-unsaturated/α-hetero) is 1. The van der Waals surface area contributed by atoms with Gasteiger partial charge < -0.3 is 19.6 Å². The number of benzene rings is 1. The first-order chi connectivity index (χ1) is 15.0. The third kappa shape index (κ3) is 4.77. The van der Waals surface area contributed by atoms with E-state index in [-0.39, 0.29) is 11.3 Å². The lowest BCUT2D eigenvalue weighted by Gasteiger charge is -2.27. The lowest BCUT2D eigenvalue weighted by Crippen LogP contribution is -2.38. The number of amides is 1. The van der Waals surface area contributed by atoms with Gasteiger partial charge in [-0.05, 0) is 56.4 Å². The van der Waals surface area contributed by atoms with Crippen LogP contribution < -0.4 is 4.74 Å².